The molecule has 0 spiro atoms. The van der Waals surface area contributed by atoms with Crippen LogP contribution in [0.5, 0.6) is 0 Å². The maximum atomic E-state index is 12.2. The fourth-order valence-corrected chi connectivity index (χ4v) is 2.95. The van der Waals surface area contributed by atoms with Crippen LogP contribution < -0.4 is 5.32 Å². The summed E-state index contributed by atoms with van der Waals surface area (Å²) >= 11 is 1.37. The summed E-state index contributed by atoms with van der Waals surface area (Å²) in [5, 5.41) is 14.0. The molecule has 0 atom stereocenters. The molecular formula is C14H15N3O3S. The van der Waals surface area contributed by atoms with Crippen LogP contribution >= 0.6 is 11.3 Å². The Hall–Kier alpha value is -2.28. The van der Waals surface area contributed by atoms with Crippen LogP contribution in [0.25, 0.3) is 0 Å². The van der Waals surface area contributed by atoms with Crippen LogP contribution in [0.15, 0.2) is 24.3 Å². The number of rotatable bonds is 4. The quantitative estimate of drug-likeness (QED) is 0.688. The van der Waals surface area contributed by atoms with Gasteiger partial charge in [0, 0.05) is 10.9 Å². The van der Waals surface area contributed by atoms with Gasteiger partial charge in [-0.3, -0.25) is 20.2 Å². The van der Waals surface area contributed by atoms with Crippen molar-refractivity contribution in [3.63, 3.8) is 0 Å². The standard InChI is InChI=1S/C14H15N3O3S/c1-8(2)12-9(3)21-14(15-12)16-13(18)10-6-4-5-7-11(10)17(19)20/h4-8H,1-3H3,(H,15,16,18). The zero-order valence-electron chi connectivity index (χ0n) is 11.9. The van der Waals surface area contributed by atoms with Crippen molar-refractivity contribution in [2.45, 2.75) is 26.7 Å². The minimum atomic E-state index is -0.568. The molecule has 0 radical (unpaired) electrons. The lowest BCUT2D eigenvalue weighted by Crippen LogP contribution is -2.13. The van der Waals surface area contributed by atoms with Gasteiger partial charge in [-0.15, -0.1) is 11.3 Å². The summed E-state index contributed by atoms with van der Waals surface area (Å²) in [6, 6.07) is 5.85. The van der Waals surface area contributed by atoms with E-state index >= 15 is 0 Å². The molecule has 0 bridgehead atoms. The maximum Gasteiger partial charge on any atom is 0.282 e. The Morgan fingerprint density at radius 3 is 2.62 bits per heavy atom. The monoisotopic (exact) mass is 305 g/mol. The number of aryl methyl sites for hydroxylation is 1. The number of nitro benzene ring substituents is 1. The SMILES string of the molecule is Cc1sc(NC(=O)c2ccccc2[N+](=O)[O-])nc1C(C)C. The Kier molecular flexibility index (Phi) is 4.32. The van der Waals surface area contributed by atoms with Gasteiger partial charge in [0.15, 0.2) is 5.13 Å². The van der Waals surface area contributed by atoms with Crippen LogP contribution in [0.1, 0.15) is 40.7 Å². The third-order valence-electron chi connectivity index (χ3n) is 2.95. The summed E-state index contributed by atoms with van der Waals surface area (Å²) < 4.78 is 0. The number of aromatic nitrogens is 1. The molecule has 0 aliphatic carbocycles. The highest BCUT2D eigenvalue weighted by Gasteiger charge is 2.20. The van der Waals surface area contributed by atoms with Crippen molar-refractivity contribution >= 4 is 28.1 Å². The minimum absolute atomic E-state index is 0.0291. The van der Waals surface area contributed by atoms with Crippen molar-refractivity contribution in [1.82, 2.24) is 4.98 Å². The summed E-state index contributed by atoms with van der Waals surface area (Å²) in [6.45, 7) is 5.99. The number of anilines is 1. The Morgan fingerprint density at radius 1 is 1.38 bits per heavy atom. The Morgan fingerprint density at radius 2 is 2.05 bits per heavy atom. The Labute approximate surface area is 126 Å². The third-order valence-corrected chi connectivity index (χ3v) is 3.85. The molecule has 1 N–H and O–H groups in total. The van der Waals surface area contributed by atoms with Gasteiger partial charge in [0.1, 0.15) is 5.56 Å². The molecule has 0 aliphatic rings. The number of carbonyl (C=O) groups is 1. The lowest BCUT2D eigenvalue weighted by Gasteiger charge is -2.03. The smallest absolute Gasteiger partial charge is 0.282 e. The van der Waals surface area contributed by atoms with Crippen LogP contribution in [-0.4, -0.2) is 15.8 Å². The lowest BCUT2D eigenvalue weighted by molar-refractivity contribution is -0.385. The highest BCUT2D eigenvalue weighted by Crippen LogP contribution is 2.28. The predicted molar refractivity (Wildman–Crippen MR) is 82.0 cm³/mol. The number of nitrogens with zero attached hydrogens (tertiary/aromatic N) is 2. The molecule has 0 saturated carbocycles. The van der Waals surface area contributed by atoms with Gasteiger partial charge >= 0.3 is 0 Å². The van der Waals surface area contributed by atoms with E-state index < -0.39 is 10.8 Å². The number of benzene rings is 1. The van der Waals surface area contributed by atoms with Crippen LogP contribution in [0.2, 0.25) is 0 Å². The van der Waals surface area contributed by atoms with Crippen LogP contribution in [0.4, 0.5) is 10.8 Å². The van der Waals surface area contributed by atoms with Crippen LogP contribution in [0, 0.1) is 17.0 Å². The lowest BCUT2D eigenvalue weighted by atomic mass is 10.1. The Bertz CT molecular complexity index is 695. The van der Waals surface area contributed by atoms with E-state index in [9.17, 15) is 14.9 Å². The van der Waals surface area contributed by atoms with E-state index in [1.54, 1.807) is 6.07 Å². The van der Waals surface area contributed by atoms with Gasteiger partial charge in [-0.25, -0.2) is 4.98 Å². The zero-order chi connectivity index (χ0) is 15.6. The van der Waals surface area contributed by atoms with Gasteiger partial charge < -0.3 is 0 Å². The average molecular weight is 305 g/mol. The van der Waals surface area contributed by atoms with Gasteiger partial charge in [0.2, 0.25) is 0 Å². The molecule has 7 heteroatoms. The number of thiazole rings is 1. The molecule has 0 fully saturated rings. The first-order valence-electron chi connectivity index (χ1n) is 6.42. The van der Waals surface area contributed by atoms with Crippen LogP contribution in [0.3, 0.4) is 0 Å². The fraction of sp³-hybridized carbons (Fsp3) is 0.286. The number of carbonyl (C=O) groups excluding carboxylic acids is 1. The zero-order valence-corrected chi connectivity index (χ0v) is 12.7. The summed E-state index contributed by atoms with van der Waals surface area (Å²) in [7, 11) is 0. The van der Waals surface area contributed by atoms with Crippen molar-refractivity contribution in [2.75, 3.05) is 5.32 Å². The van der Waals surface area contributed by atoms with Gasteiger partial charge in [0.25, 0.3) is 11.6 Å². The molecule has 21 heavy (non-hydrogen) atoms. The third kappa shape index (κ3) is 3.25. The van der Waals surface area contributed by atoms with Gasteiger partial charge in [-0.1, -0.05) is 26.0 Å². The summed E-state index contributed by atoms with van der Waals surface area (Å²) in [6.07, 6.45) is 0. The number of para-hydroxylation sites is 1. The number of nitrogens with one attached hydrogen (secondary N) is 1. The minimum Gasteiger partial charge on any atom is -0.298 e. The first-order chi connectivity index (χ1) is 9.90. The van der Waals surface area contributed by atoms with E-state index in [0.29, 0.717) is 5.13 Å². The highest BCUT2D eigenvalue weighted by atomic mass is 32.1. The summed E-state index contributed by atoms with van der Waals surface area (Å²) in [5.41, 5.74) is 0.742. The number of nitro groups is 1. The van der Waals surface area contributed by atoms with Gasteiger partial charge in [0.05, 0.1) is 10.6 Å². The van der Waals surface area contributed by atoms with Crippen molar-refractivity contribution in [3.8, 4) is 0 Å². The molecule has 2 rings (SSSR count). The van der Waals surface area contributed by atoms with Gasteiger partial charge in [-0.05, 0) is 18.9 Å². The molecule has 0 unspecified atom stereocenters. The normalized spacial score (nSPS) is 10.7. The van der Waals surface area contributed by atoms with Crippen molar-refractivity contribution in [3.05, 3.63) is 50.5 Å². The van der Waals surface area contributed by atoms with Crippen LogP contribution in [-0.2, 0) is 0 Å². The molecule has 2 aromatic rings. The topological polar surface area (TPSA) is 85.1 Å². The molecule has 6 nitrogen and oxygen atoms in total. The largest absolute Gasteiger partial charge is 0.298 e. The molecule has 110 valence electrons. The molecule has 0 aliphatic heterocycles. The second-order valence-corrected chi connectivity index (χ2v) is 6.05. The number of amides is 1. The average Bonchev–Trinajstić information content (AvgIpc) is 2.79. The van der Waals surface area contributed by atoms with E-state index in [1.165, 1.54) is 29.5 Å². The molecule has 0 saturated heterocycles. The Balaban J connectivity index is 2.27. The van der Waals surface area contributed by atoms with E-state index in [0.717, 1.165) is 10.6 Å². The van der Waals surface area contributed by atoms with Crippen molar-refractivity contribution in [2.24, 2.45) is 0 Å². The molecule has 1 aromatic carbocycles. The molecule has 1 amide bonds. The summed E-state index contributed by atoms with van der Waals surface area (Å²) in [4.78, 5) is 27.9. The predicted octanol–water partition coefficient (Wildman–Crippen LogP) is 3.74. The highest BCUT2D eigenvalue weighted by molar-refractivity contribution is 7.15. The van der Waals surface area contributed by atoms with Crippen molar-refractivity contribution in [1.29, 1.82) is 0 Å². The fourth-order valence-electron chi connectivity index (χ4n) is 1.99. The second kappa shape index (κ2) is 6.01. The van der Waals surface area contributed by atoms with E-state index in [2.05, 4.69) is 10.3 Å². The summed E-state index contributed by atoms with van der Waals surface area (Å²) in [5.74, 6) is -0.260. The first-order valence-corrected chi connectivity index (χ1v) is 7.24. The van der Waals surface area contributed by atoms with E-state index in [-0.39, 0.29) is 17.2 Å². The first kappa shape index (κ1) is 15.1. The number of hydrogen-bond donors (Lipinski definition) is 1. The second-order valence-electron chi connectivity index (χ2n) is 4.84. The van der Waals surface area contributed by atoms with Gasteiger partial charge in [-0.2, -0.15) is 0 Å². The number of hydrogen-bond acceptors (Lipinski definition) is 5. The van der Waals surface area contributed by atoms with E-state index in [1.807, 2.05) is 20.8 Å². The molecular weight excluding hydrogens is 290 g/mol. The van der Waals surface area contributed by atoms with E-state index in [4.69, 9.17) is 0 Å². The molecule has 1 aromatic heterocycles. The maximum absolute atomic E-state index is 12.2. The molecule has 1 heterocycles. The van der Waals surface area contributed by atoms with Crippen molar-refractivity contribution < 1.29 is 9.72 Å².